The maximum absolute atomic E-state index is 12.4. The average molecular weight is 329 g/mol. The number of hydrogen-bond acceptors (Lipinski definition) is 3. The highest BCUT2D eigenvalue weighted by molar-refractivity contribution is 5.81. The van der Waals surface area contributed by atoms with Gasteiger partial charge in [0, 0.05) is 25.2 Å². The van der Waals surface area contributed by atoms with Crippen molar-refractivity contribution in [3.63, 3.8) is 0 Å². The fourth-order valence-electron chi connectivity index (χ4n) is 2.94. The molecule has 2 amide bonds. The van der Waals surface area contributed by atoms with Gasteiger partial charge < -0.3 is 16.0 Å². The molecular formula is C19H27N3O2. The van der Waals surface area contributed by atoms with Crippen molar-refractivity contribution in [3.8, 4) is 0 Å². The molecule has 5 nitrogen and oxygen atoms in total. The predicted octanol–water partition coefficient (Wildman–Crippen LogP) is 2.58. The van der Waals surface area contributed by atoms with Gasteiger partial charge in [-0.2, -0.15) is 0 Å². The van der Waals surface area contributed by atoms with Gasteiger partial charge in [0.05, 0.1) is 12.5 Å². The lowest BCUT2D eigenvalue weighted by Gasteiger charge is -2.33. The first kappa shape index (κ1) is 18.2. The van der Waals surface area contributed by atoms with Crippen LogP contribution in [0.4, 0.5) is 0 Å². The van der Waals surface area contributed by atoms with Gasteiger partial charge >= 0.3 is 0 Å². The van der Waals surface area contributed by atoms with Crippen molar-refractivity contribution in [1.82, 2.24) is 10.2 Å². The van der Waals surface area contributed by atoms with Crippen LogP contribution < -0.4 is 11.1 Å². The van der Waals surface area contributed by atoms with Gasteiger partial charge in [-0.05, 0) is 30.0 Å². The molecule has 5 heteroatoms. The molecule has 1 heterocycles. The Morgan fingerprint density at radius 1 is 1.25 bits per heavy atom. The minimum absolute atomic E-state index is 0.0751. The Morgan fingerprint density at radius 2 is 1.92 bits per heavy atom. The zero-order valence-corrected chi connectivity index (χ0v) is 14.7. The zero-order chi connectivity index (χ0) is 17.7. The van der Waals surface area contributed by atoms with E-state index in [0.29, 0.717) is 6.54 Å². The molecule has 0 aliphatic carbocycles. The number of benzene rings is 1. The first-order valence-corrected chi connectivity index (χ1v) is 8.52. The van der Waals surface area contributed by atoms with Crippen LogP contribution in [-0.4, -0.2) is 28.8 Å². The normalized spacial score (nSPS) is 16.7. The van der Waals surface area contributed by atoms with Gasteiger partial charge in [0.2, 0.25) is 11.8 Å². The van der Waals surface area contributed by atoms with Crippen LogP contribution in [0.2, 0.25) is 0 Å². The molecular weight excluding hydrogens is 302 g/mol. The van der Waals surface area contributed by atoms with E-state index in [1.54, 1.807) is 11.1 Å². The monoisotopic (exact) mass is 329 g/mol. The molecule has 0 aromatic heterocycles. The molecule has 130 valence electrons. The van der Waals surface area contributed by atoms with Gasteiger partial charge in [0.25, 0.3) is 0 Å². The van der Waals surface area contributed by atoms with E-state index in [4.69, 9.17) is 5.73 Å². The van der Waals surface area contributed by atoms with Crippen LogP contribution in [0.15, 0.2) is 30.5 Å². The average Bonchev–Trinajstić information content (AvgIpc) is 2.59. The third-order valence-electron chi connectivity index (χ3n) is 4.89. The third-order valence-corrected chi connectivity index (χ3v) is 4.89. The summed E-state index contributed by atoms with van der Waals surface area (Å²) >= 11 is 0. The van der Waals surface area contributed by atoms with E-state index in [-0.39, 0.29) is 29.8 Å². The van der Waals surface area contributed by atoms with Crippen LogP contribution in [0.25, 0.3) is 6.08 Å². The molecule has 2 rings (SSSR count). The molecule has 1 aromatic carbocycles. The number of rotatable bonds is 6. The molecule has 0 radical (unpaired) electrons. The third kappa shape index (κ3) is 4.03. The molecule has 0 spiro atoms. The Labute approximate surface area is 143 Å². The van der Waals surface area contributed by atoms with Gasteiger partial charge in [-0.1, -0.05) is 38.1 Å². The quantitative estimate of drug-likeness (QED) is 0.842. The molecule has 0 fully saturated rings. The highest BCUT2D eigenvalue weighted by atomic mass is 16.2. The summed E-state index contributed by atoms with van der Waals surface area (Å²) in [5.41, 5.74) is 7.91. The topological polar surface area (TPSA) is 75.4 Å². The van der Waals surface area contributed by atoms with Gasteiger partial charge in [-0.15, -0.1) is 0 Å². The van der Waals surface area contributed by atoms with Crippen LogP contribution in [0.3, 0.4) is 0 Å². The molecule has 0 saturated carbocycles. The van der Waals surface area contributed by atoms with Gasteiger partial charge in [0.15, 0.2) is 0 Å². The van der Waals surface area contributed by atoms with Crippen molar-refractivity contribution in [2.45, 2.75) is 51.6 Å². The summed E-state index contributed by atoms with van der Waals surface area (Å²) < 4.78 is 0. The smallest absolute Gasteiger partial charge is 0.223 e. The van der Waals surface area contributed by atoms with Crippen molar-refractivity contribution in [2.24, 2.45) is 5.73 Å². The van der Waals surface area contributed by atoms with E-state index >= 15 is 0 Å². The second-order valence-electron chi connectivity index (χ2n) is 6.44. The summed E-state index contributed by atoms with van der Waals surface area (Å²) in [6.45, 7) is 6.01. The Hall–Kier alpha value is -2.14. The minimum Gasteiger partial charge on any atom is -0.354 e. The fraction of sp³-hybridized carbons (Fsp3) is 0.474. The number of carbonyl (C=O) groups is 2. The molecule has 1 aromatic rings. The maximum Gasteiger partial charge on any atom is 0.223 e. The lowest BCUT2D eigenvalue weighted by Crippen LogP contribution is -2.49. The Morgan fingerprint density at radius 3 is 2.54 bits per heavy atom. The van der Waals surface area contributed by atoms with Crippen molar-refractivity contribution < 1.29 is 9.59 Å². The number of nitrogens with two attached hydrogens (primary N) is 1. The maximum atomic E-state index is 12.4. The van der Waals surface area contributed by atoms with Crippen LogP contribution in [0.5, 0.6) is 0 Å². The van der Waals surface area contributed by atoms with E-state index in [9.17, 15) is 9.59 Å². The van der Waals surface area contributed by atoms with Gasteiger partial charge in [-0.25, -0.2) is 0 Å². The SMILES string of the molecule is CCC(N)(CC)CNC(=O)CC1c2ccccc2C=CN1C(C)=O. The first-order chi connectivity index (χ1) is 11.4. The first-order valence-electron chi connectivity index (χ1n) is 8.52. The molecule has 1 unspecified atom stereocenters. The Kier molecular flexibility index (Phi) is 5.78. The van der Waals surface area contributed by atoms with Gasteiger partial charge in [0.1, 0.15) is 0 Å². The summed E-state index contributed by atoms with van der Waals surface area (Å²) in [4.78, 5) is 26.0. The molecule has 1 atom stereocenters. The van der Waals surface area contributed by atoms with Crippen molar-refractivity contribution in [3.05, 3.63) is 41.6 Å². The number of hydrogen-bond donors (Lipinski definition) is 2. The van der Waals surface area contributed by atoms with Crippen molar-refractivity contribution in [1.29, 1.82) is 0 Å². The standard InChI is InChI=1S/C19H27N3O2/c1-4-19(20,5-2)13-21-18(24)12-17-16-9-7-6-8-15(16)10-11-22(17)14(3)23/h6-11,17H,4-5,12-13,20H2,1-3H3,(H,21,24). The number of amides is 2. The summed E-state index contributed by atoms with van der Waals surface area (Å²) in [6, 6.07) is 7.57. The molecule has 1 aliphatic heterocycles. The van der Waals surface area contributed by atoms with Crippen LogP contribution in [-0.2, 0) is 9.59 Å². The van der Waals surface area contributed by atoms with Gasteiger partial charge in [-0.3, -0.25) is 9.59 Å². The summed E-state index contributed by atoms with van der Waals surface area (Å²) in [5, 5.41) is 2.94. The second-order valence-corrected chi connectivity index (χ2v) is 6.44. The number of carbonyl (C=O) groups excluding carboxylic acids is 2. The zero-order valence-electron chi connectivity index (χ0n) is 14.7. The largest absolute Gasteiger partial charge is 0.354 e. The van der Waals surface area contributed by atoms with E-state index in [2.05, 4.69) is 5.32 Å². The van der Waals surface area contributed by atoms with E-state index in [0.717, 1.165) is 24.0 Å². The molecule has 24 heavy (non-hydrogen) atoms. The van der Waals surface area contributed by atoms with E-state index in [1.807, 2.05) is 44.2 Å². The van der Waals surface area contributed by atoms with Crippen LogP contribution in [0.1, 0.15) is 57.2 Å². The lowest BCUT2D eigenvalue weighted by molar-refractivity contribution is -0.130. The molecule has 0 bridgehead atoms. The van der Waals surface area contributed by atoms with E-state index < -0.39 is 0 Å². The van der Waals surface area contributed by atoms with Crippen LogP contribution >= 0.6 is 0 Å². The number of nitrogens with one attached hydrogen (secondary N) is 1. The van der Waals surface area contributed by atoms with E-state index in [1.165, 1.54) is 6.92 Å². The molecule has 3 N–H and O–H groups in total. The number of fused-ring (bicyclic) bond motifs is 1. The predicted molar refractivity (Wildman–Crippen MR) is 95.9 cm³/mol. The van der Waals surface area contributed by atoms with Crippen LogP contribution in [0, 0.1) is 0 Å². The highest BCUT2D eigenvalue weighted by Crippen LogP contribution is 2.32. The summed E-state index contributed by atoms with van der Waals surface area (Å²) in [6.07, 6.45) is 5.50. The lowest BCUT2D eigenvalue weighted by atomic mass is 9.92. The fourth-order valence-corrected chi connectivity index (χ4v) is 2.94. The highest BCUT2D eigenvalue weighted by Gasteiger charge is 2.29. The molecule has 1 aliphatic rings. The minimum atomic E-state index is -0.375. The number of nitrogens with zero attached hydrogens (tertiary/aromatic N) is 1. The summed E-state index contributed by atoms with van der Waals surface area (Å²) in [7, 11) is 0. The second kappa shape index (κ2) is 7.62. The molecule has 0 saturated heterocycles. The Bertz CT molecular complexity index is 635. The van der Waals surface area contributed by atoms with Crippen molar-refractivity contribution in [2.75, 3.05) is 6.54 Å². The van der Waals surface area contributed by atoms with Crippen molar-refractivity contribution >= 4 is 17.9 Å². The Balaban J connectivity index is 2.12. The summed E-state index contributed by atoms with van der Waals surface area (Å²) in [5.74, 6) is -0.165.